The number of nitrogens with zero attached hydrogens (tertiary/aromatic N) is 1. The van der Waals surface area contributed by atoms with Crippen molar-refractivity contribution in [1.82, 2.24) is 5.43 Å². The lowest BCUT2D eigenvalue weighted by molar-refractivity contribution is 0.0954. The fraction of sp³-hybridized carbons (Fsp3) is 0.273. The van der Waals surface area contributed by atoms with Crippen LogP contribution in [0.15, 0.2) is 17.2 Å². The van der Waals surface area contributed by atoms with Crippen molar-refractivity contribution >= 4 is 12.1 Å². The van der Waals surface area contributed by atoms with Gasteiger partial charge in [0.2, 0.25) is 0 Å². The summed E-state index contributed by atoms with van der Waals surface area (Å²) >= 11 is 0. The number of hydrogen-bond donors (Lipinski definition) is 4. The first kappa shape index (κ1) is 12.8. The third-order valence-corrected chi connectivity index (χ3v) is 1.87. The highest BCUT2D eigenvalue weighted by Gasteiger charge is 2.12. The van der Waals surface area contributed by atoms with Crippen LogP contribution in [-0.4, -0.2) is 27.4 Å². The zero-order chi connectivity index (χ0) is 13.0. The molecular formula is C11H14N2O4. The lowest BCUT2D eigenvalue weighted by Crippen LogP contribution is -2.17. The molecular weight excluding hydrogens is 224 g/mol. The van der Waals surface area contributed by atoms with Gasteiger partial charge in [-0.05, 0) is 18.1 Å². The van der Waals surface area contributed by atoms with Gasteiger partial charge in [0.15, 0.2) is 17.2 Å². The fourth-order valence-corrected chi connectivity index (χ4v) is 1.04. The van der Waals surface area contributed by atoms with Crippen LogP contribution in [0.4, 0.5) is 0 Å². The average molecular weight is 238 g/mol. The number of rotatable bonds is 3. The molecule has 0 aromatic heterocycles. The fourth-order valence-electron chi connectivity index (χ4n) is 1.04. The minimum Gasteiger partial charge on any atom is -0.504 e. The summed E-state index contributed by atoms with van der Waals surface area (Å²) in [5, 5.41) is 31.2. The number of phenols is 3. The molecule has 6 heteroatoms. The minimum atomic E-state index is -0.660. The van der Waals surface area contributed by atoms with Gasteiger partial charge in [0.05, 0.1) is 0 Å². The van der Waals surface area contributed by atoms with Gasteiger partial charge in [0, 0.05) is 11.8 Å². The van der Waals surface area contributed by atoms with Gasteiger partial charge in [-0.1, -0.05) is 13.8 Å². The number of aromatic hydroxyl groups is 3. The van der Waals surface area contributed by atoms with Crippen LogP contribution in [0, 0.1) is 5.92 Å². The van der Waals surface area contributed by atoms with E-state index >= 15 is 0 Å². The van der Waals surface area contributed by atoms with E-state index in [2.05, 4.69) is 10.5 Å². The van der Waals surface area contributed by atoms with E-state index in [1.807, 2.05) is 13.8 Å². The second-order valence-corrected chi connectivity index (χ2v) is 3.83. The Balaban J connectivity index is 2.83. The smallest absolute Gasteiger partial charge is 0.271 e. The number of hydrogen-bond acceptors (Lipinski definition) is 5. The summed E-state index contributed by atoms with van der Waals surface area (Å²) in [6, 6.07) is 2.07. The molecule has 1 aromatic rings. The third-order valence-electron chi connectivity index (χ3n) is 1.87. The van der Waals surface area contributed by atoms with Gasteiger partial charge in [-0.25, -0.2) is 5.43 Å². The Kier molecular flexibility index (Phi) is 3.92. The van der Waals surface area contributed by atoms with E-state index in [-0.39, 0.29) is 11.5 Å². The molecule has 0 saturated carbocycles. The van der Waals surface area contributed by atoms with Crippen molar-refractivity contribution in [2.45, 2.75) is 13.8 Å². The largest absolute Gasteiger partial charge is 0.504 e. The summed E-state index contributed by atoms with van der Waals surface area (Å²) < 4.78 is 0. The molecule has 0 aliphatic rings. The topological polar surface area (TPSA) is 102 Å². The Morgan fingerprint density at radius 1 is 1.29 bits per heavy atom. The van der Waals surface area contributed by atoms with Gasteiger partial charge in [-0.2, -0.15) is 5.10 Å². The second kappa shape index (κ2) is 5.20. The van der Waals surface area contributed by atoms with Crippen LogP contribution in [0.2, 0.25) is 0 Å². The zero-order valence-electron chi connectivity index (χ0n) is 9.51. The number of carbonyl (C=O) groups is 1. The molecule has 0 radical (unpaired) electrons. The molecule has 0 saturated heterocycles. The van der Waals surface area contributed by atoms with Crippen LogP contribution >= 0.6 is 0 Å². The SMILES string of the molecule is CC(C)C=NNC(=O)c1cc(O)c(O)c(O)c1. The maximum Gasteiger partial charge on any atom is 0.271 e. The third kappa shape index (κ3) is 3.37. The predicted octanol–water partition coefficient (Wildman–Crippen LogP) is 1.17. The molecule has 0 bridgehead atoms. The molecule has 0 spiro atoms. The molecule has 0 atom stereocenters. The molecule has 0 unspecified atom stereocenters. The van der Waals surface area contributed by atoms with E-state index in [0.29, 0.717) is 0 Å². The van der Waals surface area contributed by atoms with Gasteiger partial charge in [0.1, 0.15) is 0 Å². The maximum absolute atomic E-state index is 11.5. The van der Waals surface area contributed by atoms with Crippen molar-refractivity contribution in [3.8, 4) is 17.2 Å². The van der Waals surface area contributed by atoms with Crippen molar-refractivity contribution in [2.75, 3.05) is 0 Å². The van der Waals surface area contributed by atoms with Crippen LogP contribution in [0.5, 0.6) is 17.2 Å². The lowest BCUT2D eigenvalue weighted by Gasteiger charge is -2.04. The highest BCUT2D eigenvalue weighted by molar-refractivity contribution is 5.95. The summed E-state index contributed by atoms with van der Waals surface area (Å²) in [6.07, 6.45) is 1.54. The summed E-state index contributed by atoms with van der Waals surface area (Å²) in [5.41, 5.74) is 2.23. The number of amides is 1. The van der Waals surface area contributed by atoms with Crippen LogP contribution in [0.3, 0.4) is 0 Å². The van der Waals surface area contributed by atoms with Gasteiger partial charge in [-0.15, -0.1) is 0 Å². The van der Waals surface area contributed by atoms with Gasteiger partial charge >= 0.3 is 0 Å². The monoisotopic (exact) mass is 238 g/mol. The molecule has 92 valence electrons. The van der Waals surface area contributed by atoms with Gasteiger partial charge in [-0.3, -0.25) is 4.79 Å². The number of nitrogens with one attached hydrogen (secondary N) is 1. The number of hydrazone groups is 1. The Hall–Kier alpha value is -2.24. The normalized spacial score (nSPS) is 11.0. The van der Waals surface area contributed by atoms with Crippen LogP contribution in [-0.2, 0) is 0 Å². The van der Waals surface area contributed by atoms with Crippen molar-refractivity contribution in [1.29, 1.82) is 0 Å². The first-order valence-corrected chi connectivity index (χ1v) is 5.00. The van der Waals surface area contributed by atoms with Gasteiger partial charge < -0.3 is 15.3 Å². The van der Waals surface area contributed by atoms with Crippen LogP contribution < -0.4 is 5.43 Å². The Labute approximate surface area is 98.2 Å². The highest BCUT2D eigenvalue weighted by atomic mass is 16.3. The molecule has 1 amide bonds. The van der Waals surface area contributed by atoms with E-state index in [4.69, 9.17) is 5.11 Å². The summed E-state index contributed by atoms with van der Waals surface area (Å²) in [6.45, 7) is 3.79. The van der Waals surface area contributed by atoms with E-state index in [9.17, 15) is 15.0 Å². The first-order valence-electron chi connectivity index (χ1n) is 5.00. The van der Waals surface area contributed by atoms with Crippen molar-refractivity contribution in [3.05, 3.63) is 17.7 Å². The van der Waals surface area contributed by atoms with Crippen molar-refractivity contribution < 1.29 is 20.1 Å². The minimum absolute atomic E-state index is 0.00120. The predicted molar refractivity (Wildman–Crippen MR) is 62.2 cm³/mol. The van der Waals surface area contributed by atoms with E-state index in [1.54, 1.807) is 0 Å². The Morgan fingerprint density at radius 2 is 1.82 bits per heavy atom. The van der Waals surface area contributed by atoms with E-state index < -0.39 is 23.2 Å². The molecule has 0 aliphatic heterocycles. The second-order valence-electron chi connectivity index (χ2n) is 3.83. The summed E-state index contributed by atoms with van der Waals surface area (Å²) in [4.78, 5) is 11.5. The standard InChI is InChI=1S/C11H14N2O4/c1-6(2)5-12-13-11(17)7-3-8(14)10(16)9(15)4-7/h3-6,14-16H,1-2H3,(H,13,17). The summed E-state index contributed by atoms with van der Waals surface area (Å²) in [5.74, 6) is -2.19. The molecule has 1 rings (SSSR count). The molecule has 6 nitrogen and oxygen atoms in total. The molecule has 4 N–H and O–H groups in total. The molecule has 0 aliphatic carbocycles. The van der Waals surface area contributed by atoms with Crippen molar-refractivity contribution in [2.24, 2.45) is 11.0 Å². The van der Waals surface area contributed by atoms with E-state index in [1.165, 1.54) is 6.21 Å². The van der Waals surface area contributed by atoms with Crippen LogP contribution in [0.25, 0.3) is 0 Å². The first-order chi connectivity index (χ1) is 7.91. The van der Waals surface area contributed by atoms with Gasteiger partial charge in [0.25, 0.3) is 5.91 Å². The Morgan fingerprint density at radius 3 is 2.29 bits per heavy atom. The lowest BCUT2D eigenvalue weighted by atomic mass is 10.2. The maximum atomic E-state index is 11.5. The number of carbonyl (C=O) groups excluding carboxylic acids is 1. The molecule has 0 heterocycles. The molecule has 1 aromatic carbocycles. The Bertz CT molecular complexity index is 432. The van der Waals surface area contributed by atoms with E-state index in [0.717, 1.165) is 12.1 Å². The quantitative estimate of drug-likeness (QED) is 0.360. The average Bonchev–Trinajstić information content (AvgIpc) is 2.24. The molecule has 17 heavy (non-hydrogen) atoms. The number of benzene rings is 1. The summed E-state index contributed by atoms with van der Waals surface area (Å²) in [7, 11) is 0. The van der Waals surface area contributed by atoms with Crippen LogP contribution in [0.1, 0.15) is 24.2 Å². The zero-order valence-corrected chi connectivity index (χ0v) is 9.51. The molecule has 0 fully saturated rings. The van der Waals surface area contributed by atoms with Crippen molar-refractivity contribution in [3.63, 3.8) is 0 Å². The highest BCUT2D eigenvalue weighted by Crippen LogP contribution is 2.35. The number of phenolic OH excluding ortho intramolecular Hbond substituents is 3.